The molecule has 0 saturated heterocycles. The third-order valence-electron chi connectivity index (χ3n) is 3.28. The van der Waals surface area contributed by atoms with Crippen LogP contribution in [0.15, 0.2) is 10.5 Å². The Balaban J connectivity index is 2.73. The number of aliphatic carboxylic acids is 1. The van der Waals surface area contributed by atoms with Crippen LogP contribution < -0.4 is 10.6 Å². The molecule has 0 aromatic carbocycles. The maximum atomic E-state index is 12.0. The smallest absolute Gasteiger partial charge is 0.326 e. The van der Waals surface area contributed by atoms with Gasteiger partial charge in [-0.2, -0.15) is 0 Å². The van der Waals surface area contributed by atoms with Crippen LogP contribution in [0, 0.1) is 19.3 Å². The molecule has 0 aliphatic carbocycles. The number of hydrogen-bond donors (Lipinski definition) is 3. The van der Waals surface area contributed by atoms with Crippen molar-refractivity contribution < 1.29 is 19.1 Å². The molecule has 6 heteroatoms. The van der Waals surface area contributed by atoms with Crippen molar-refractivity contribution in [1.29, 1.82) is 0 Å². The Morgan fingerprint density at radius 2 is 1.81 bits per heavy atom. The van der Waals surface area contributed by atoms with Gasteiger partial charge in [-0.1, -0.05) is 20.8 Å². The second kappa shape index (κ2) is 6.20. The lowest BCUT2D eigenvalue weighted by Crippen LogP contribution is -2.52. The molecule has 2 atom stereocenters. The van der Waals surface area contributed by atoms with Gasteiger partial charge in [0, 0.05) is 5.56 Å². The van der Waals surface area contributed by atoms with Crippen LogP contribution in [0.4, 0.5) is 4.79 Å². The van der Waals surface area contributed by atoms with Crippen molar-refractivity contribution in [2.24, 2.45) is 5.41 Å². The van der Waals surface area contributed by atoms with Crippen LogP contribution in [0.3, 0.4) is 0 Å². The van der Waals surface area contributed by atoms with E-state index in [4.69, 9.17) is 4.42 Å². The van der Waals surface area contributed by atoms with E-state index in [0.29, 0.717) is 0 Å². The average molecular weight is 296 g/mol. The van der Waals surface area contributed by atoms with E-state index in [1.54, 1.807) is 20.8 Å². The first-order chi connectivity index (χ1) is 9.52. The monoisotopic (exact) mass is 296 g/mol. The van der Waals surface area contributed by atoms with Gasteiger partial charge in [-0.05, 0) is 32.3 Å². The Kier molecular flexibility index (Phi) is 5.04. The molecule has 0 radical (unpaired) electrons. The van der Waals surface area contributed by atoms with Gasteiger partial charge in [0.2, 0.25) is 0 Å². The maximum Gasteiger partial charge on any atom is 0.326 e. The standard InChI is InChI=1S/C15H24N2O4/c1-8-7-11(10(3)21-8)9(2)16-14(20)17-12(13(18)19)15(4,5)6/h7,9,12H,1-6H3,(H,18,19)(H2,16,17,20)/t9?,12-/m1/s1. The molecular weight excluding hydrogens is 272 g/mol. The van der Waals surface area contributed by atoms with E-state index in [9.17, 15) is 14.7 Å². The highest BCUT2D eigenvalue weighted by molar-refractivity contribution is 5.83. The molecule has 6 nitrogen and oxygen atoms in total. The molecule has 1 aromatic rings. The molecule has 1 aromatic heterocycles. The van der Waals surface area contributed by atoms with Crippen LogP contribution in [0.5, 0.6) is 0 Å². The number of carbonyl (C=O) groups excluding carboxylic acids is 1. The lowest BCUT2D eigenvalue weighted by atomic mass is 9.87. The minimum atomic E-state index is -1.05. The molecule has 0 aliphatic rings. The van der Waals surface area contributed by atoms with Crippen LogP contribution in [-0.2, 0) is 4.79 Å². The van der Waals surface area contributed by atoms with Crippen molar-refractivity contribution in [1.82, 2.24) is 10.6 Å². The lowest BCUT2D eigenvalue weighted by molar-refractivity contribution is -0.141. The number of carboxylic acid groups (broad SMARTS) is 1. The van der Waals surface area contributed by atoms with Crippen LogP contribution >= 0.6 is 0 Å². The molecule has 118 valence electrons. The third kappa shape index (κ3) is 4.51. The van der Waals surface area contributed by atoms with Crippen molar-refractivity contribution in [2.45, 2.75) is 53.6 Å². The van der Waals surface area contributed by atoms with E-state index in [1.165, 1.54) is 0 Å². The summed E-state index contributed by atoms with van der Waals surface area (Å²) in [5.41, 5.74) is 0.305. The van der Waals surface area contributed by atoms with E-state index < -0.39 is 23.5 Å². The van der Waals surface area contributed by atoms with Gasteiger partial charge in [0.05, 0.1) is 6.04 Å². The van der Waals surface area contributed by atoms with Gasteiger partial charge in [-0.25, -0.2) is 9.59 Å². The fourth-order valence-electron chi connectivity index (χ4n) is 2.18. The summed E-state index contributed by atoms with van der Waals surface area (Å²) < 4.78 is 5.42. The van der Waals surface area contributed by atoms with Gasteiger partial charge in [-0.15, -0.1) is 0 Å². The minimum Gasteiger partial charge on any atom is -0.480 e. The summed E-state index contributed by atoms with van der Waals surface area (Å²) in [7, 11) is 0. The summed E-state index contributed by atoms with van der Waals surface area (Å²) in [6, 6.07) is 0.121. The first kappa shape index (κ1) is 17.1. The normalized spacial score (nSPS) is 14.4. The number of carboxylic acids is 1. The first-order valence-corrected chi connectivity index (χ1v) is 6.89. The van der Waals surface area contributed by atoms with Crippen LogP contribution in [-0.4, -0.2) is 23.1 Å². The Hall–Kier alpha value is -1.98. The van der Waals surface area contributed by atoms with E-state index in [2.05, 4.69) is 10.6 Å². The van der Waals surface area contributed by atoms with Gasteiger partial charge >= 0.3 is 12.0 Å². The largest absolute Gasteiger partial charge is 0.480 e. The van der Waals surface area contributed by atoms with Crippen molar-refractivity contribution in [3.05, 3.63) is 23.2 Å². The molecular formula is C15H24N2O4. The van der Waals surface area contributed by atoms with Crippen LogP contribution in [0.2, 0.25) is 0 Å². The fraction of sp³-hybridized carbons (Fsp3) is 0.600. The Labute approximate surface area is 124 Å². The summed E-state index contributed by atoms with van der Waals surface area (Å²) >= 11 is 0. The third-order valence-corrected chi connectivity index (χ3v) is 3.28. The van der Waals surface area contributed by atoms with Gasteiger partial charge in [0.15, 0.2) is 0 Å². The predicted octanol–water partition coefficient (Wildman–Crippen LogP) is 2.76. The Morgan fingerprint density at radius 3 is 2.19 bits per heavy atom. The first-order valence-electron chi connectivity index (χ1n) is 6.89. The summed E-state index contributed by atoms with van der Waals surface area (Å²) in [6.45, 7) is 10.8. The fourth-order valence-corrected chi connectivity index (χ4v) is 2.18. The minimum absolute atomic E-state index is 0.267. The average Bonchev–Trinajstić information content (AvgIpc) is 2.63. The highest BCUT2D eigenvalue weighted by Crippen LogP contribution is 2.22. The molecule has 1 heterocycles. The number of urea groups is 1. The van der Waals surface area contributed by atoms with Gasteiger partial charge in [-0.3, -0.25) is 0 Å². The zero-order valence-corrected chi connectivity index (χ0v) is 13.4. The van der Waals surface area contributed by atoms with Gasteiger partial charge in [0.25, 0.3) is 0 Å². The number of rotatable bonds is 4. The second-order valence-electron chi connectivity index (χ2n) is 6.35. The number of furan rings is 1. The van der Waals surface area contributed by atoms with Gasteiger partial charge in [0.1, 0.15) is 17.6 Å². The van der Waals surface area contributed by atoms with E-state index in [1.807, 2.05) is 26.8 Å². The maximum absolute atomic E-state index is 12.0. The van der Waals surface area contributed by atoms with Crippen molar-refractivity contribution in [2.75, 3.05) is 0 Å². The lowest BCUT2D eigenvalue weighted by Gasteiger charge is -2.28. The molecule has 0 spiro atoms. The number of nitrogens with one attached hydrogen (secondary N) is 2. The number of aryl methyl sites for hydroxylation is 2. The molecule has 21 heavy (non-hydrogen) atoms. The summed E-state index contributed by atoms with van der Waals surface area (Å²) in [6.07, 6.45) is 0. The highest BCUT2D eigenvalue weighted by Gasteiger charge is 2.32. The molecule has 0 aliphatic heterocycles. The van der Waals surface area contributed by atoms with Gasteiger partial charge < -0.3 is 20.2 Å². The van der Waals surface area contributed by atoms with E-state index >= 15 is 0 Å². The van der Waals surface area contributed by atoms with E-state index in [-0.39, 0.29) is 6.04 Å². The Bertz CT molecular complexity index is 528. The SMILES string of the molecule is Cc1cc(C(C)NC(=O)N[C@H](C(=O)O)C(C)(C)C)c(C)o1. The van der Waals surface area contributed by atoms with Crippen LogP contribution in [0.1, 0.15) is 50.8 Å². The number of hydrogen-bond acceptors (Lipinski definition) is 3. The van der Waals surface area contributed by atoms with Crippen molar-refractivity contribution in [3.8, 4) is 0 Å². The molecule has 1 unspecified atom stereocenters. The highest BCUT2D eigenvalue weighted by atomic mass is 16.4. The Morgan fingerprint density at radius 1 is 1.24 bits per heavy atom. The molecule has 2 amide bonds. The van der Waals surface area contributed by atoms with Crippen molar-refractivity contribution >= 4 is 12.0 Å². The topological polar surface area (TPSA) is 91.6 Å². The van der Waals surface area contributed by atoms with E-state index in [0.717, 1.165) is 17.1 Å². The van der Waals surface area contributed by atoms with Crippen LogP contribution in [0.25, 0.3) is 0 Å². The molecule has 0 fully saturated rings. The predicted molar refractivity (Wildman–Crippen MR) is 79.1 cm³/mol. The quantitative estimate of drug-likeness (QED) is 0.796. The zero-order valence-electron chi connectivity index (χ0n) is 13.4. The number of carbonyl (C=O) groups is 2. The molecule has 0 bridgehead atoms. The zero-order chi connectivity index (χ0) is 16.4. The molecule has 1 rings (SSSR count). The second-order valence-corrected chi connectivity index (χ2v) is 6.35. The van der Waals surface area contributed by atoms with Crippen molar-refractivity contribution in [3.63, 3.8) is 0 Å². The summed E-state index contributed by atoms with van der Waals surface area (Å²) in [5.74, 6) is 0.459. The number of amides is 2. The summed E-state index contributed by atoms with van der Waals surface area (Å²) in [5, 5.41) is 14.4. The molecule has 0 saturated carbocycles. The molecule has 3 N–H and O–H groups in total. The summed E-state index contributed by atoms with van der Waals surface area (Å²) in [4.78, 5) is 23.2.